The van der Waals surface area contributed by atoms with Gasteiger partial charge in [0, 0.05) is 28.5 Å². The Bertz CT molecular complexity index is 516. The molecule has 1 unspecified atom stereocenters. The first-order valence-corrected chi connectivity index (χ1v) is 8.32. The van der Waals surface area contributed by atoms with Crippen molar-refractivity contribution in [2.75, 3.05) is 6.54 Å². The third-order valence-corrected chi connectivity index (χ3v) is 4.86. The smallest absolute Gasteiger partial charge is 0.0943 e. The van der Waals surface area contributed by atoms with E-state index in [0.717, 1.165) is 33.9 Å². The van der Waals surface area contributed by atoms with Gasteiger partial charge in [-0.05, 0) is 46.6 Å². The lowest BCUT2D eigenvalue weighted by Crippen LogP contribution is -2.24. The van der Waals surface area contributed by atoms with E-state index in [2.05, 4.69) is 45.3 Å². The summed E-state index contributed by atoms with van der Waals surface area (Å²) < 4.78 is 0.939. The van der Waals surface area contributed by atoms with Gasteiger partial charge in [0.25, 0.3) is 0 Å². The maximum absolute atomic E-state index is 6.05. The van der Waals surface area contributed by atoms with Crippen LogP contribution in [0.5, 0.6) is 0 Å². The minimum atomic E-state index is 0.277. The van der Waals surface area contributed by atoms with Crippen LogP contribution in [0.15, 0.2) is 34.2 Å². The van der Waals surface area contributed by atoms with Crippen molar-refractivity contribution in [1.82, 2.24) is 10.3 Å². The molecule has 1 atom stereocenters. The number of rotatable bonds is 6. The van der Waals surface area contributed by atoms with Gasteiger partial charge in [-0.1, -0.05) is 24.6 Å². The van der Waals surface area contributed by atoms with Gasteiger partial charge in [0.05, 0.1) is 10.0 Å². The molecule has 0 saturated heterocycles. The minimum absolute atomic E-state index is 0.277. The second-order valence-electron chi connectivity index (χ2n) is 4.31. The summed E-state index contributed by atoms with van der Waals surface area (Å²) in [5, 5.41) is 7.49. The minimum Gasteiger partial charge on any atom is -0.310 e. The zero-order chi connectivity index (χ0) is 13.7. The van der Waals surface area contributed by atoms with Crippen molar-refractivity contribution in [2.24, 2.45) is 0 Å². The van der Waals surface area contributed by atoms with Crippen LogP contribution in [0.4, 0.5) is 0 Å². The Morgan fingerprint density at radius 2 is 2.32 bits per heavy atom. The maximum atomic E-state index is 6.05. The number of nitrogens with one attached hydrogen (secondary N) is 1. The number of halogens is 2. The predicted molar refractivity (Wildman–Crippen MR) is 86.0 cm³/mol. The van der Waals surface area contributed by atoms with Gasteiger partial charge in [0.1, 0.15) is 0 Å². The van der Waals surface area contributed by atoms with Crippen molar-refractivity contribution in [3.63, 3.8) is 0 Å². The van der Waals surface area contributed by atoms with E-state index >= 15 is 0 Å². The molecule has 0 saturated carbocycles. The molecule has 2 nitrogen and oxygen atoms in total. The van der Waals surface area contributed by atoms with Crippen LogP contribution in [-0.4, -0.2) is 11.5 Å². The van der Waals surface area contributed by atoms with E-state index in [9.17, 15) is 0 Å². The van der Waals surface area contributed by atoms with E-state index < -0.39 is 0 Å². The average Bonchev–Trinajstić information content (AvgIpc) is 2.91. The third kappa shape index (κ3) is 4.28. The lowest BCUT2D eigenvalue weighted by molar-refractivity contribution is 0.528. The summed E-state index contributed by atoms with van der Waals surface area (Å²) in [5.74, 6) is 0. The van der Waals surface area contributed by atoms with Crippen LogP contribution in [0.25, 0.3) is 0 Å². The van der Waals surface area contributed by atoms with Gasteiger partial charge >= 0.3 is 0 Å². The lowest BCUT2D eigenvalue weighted by Gasteiger charge is -2.18. The van der Waals surface area contributed by atoms with E-state index in [0.29, 0.717) is 0 Å². The summed E-state index contributed by atoms with van der Waals surface area (Å²) in [5.41, 5.74) is 1.24. The highest BCUT2D eigenvalue weighted by Crippen LogP contribution is 2.28. The van der Waals surface area contributed by atoms with Gasteiger partial charge in [0.15, 0.2) is 0 Å². The van der Waals surface area contributed by atoms with E-state index in [1.54, 1.807) is 11.3 Å². The second kappa shape index (κ2) is 7.39. The van der Waals surface area contributed by atoms with E-state index in [1.807, 2.05) is 17.6 Å². The first kappa shape index (κ1) is 15.0. The molecule has 0 amide bonds. The number of hydrogen-bond acceptors (Lipinski definition) is 3. The molecule has 19 heavy (non-hydrogen) atoms. The number of nitrogens with zero attached hydrogens (tertiary/aromatic N) is 1. The van der Waals surface area contributed by atoms with Crippen LogP contribution >= 0.6 is 38.9 Å². The molecule has 0 aliphatic rings. The lowest BCUT2D eigenvalue weighted by atomic mass is 10.0. The molecule has 2 aromatic rings. The summed E-state index contributed by atoms with van der Waals surface area (Å²) in [4.78, 5) is 4.37. The van der Waals surface area contributed by atoms with Gasteiger partial charge in [-0.2, -0.15) is 0 Å². The molecule has 0 aliphatic heterocycles. The number of benzene rings is 1. The van der Waals surface area contributed by atoms with E-state index in [-0.39, 0.29) is 6.04 Å². The van der Waals surface area contributed by atoms with E-state index in [4.69, 9.17) is 11.6 Å². The standard InChI is InChI=1S/C14H16BrClN2S/c1-2-5-17-13(9-14-18-6-7-19-14)10-3-4-12(16)11(15)8-10/h3-4,6-8,13,17H,2,5,9H2,1H3. The molecule has 5 heteroatoms. The van der Waals surface area contributed by atoms with Gasteiger partial charge in [0.2, 0.25) is 0 Å². The Hall–Kier alpha value is -0.420. The van der Waals surface area contributed by atoms with Gasteiger partial charge < -0.3 is 5.32 Å². The average molecular weight is 360 g/mol. The fourth-order valence-electron chi connectivity index (χ4n) is 1.88. The first-order valence-electron chi connectivity index (χ1n) is 6.27. The van der Waals surface area contributed by atoms with Crippen molar-refractivity contribution in [3.8, 4) is 0 Å². The Balaban J connectivity index is 2.18. The Kier molecular flexibility index (Phi) is 5.82. The Morgan fingerprint density at radius 3 is 2.95 bits per heavy atom. The molecule has 102 valence electrons. The highest BCUT2D eigenvalue weighted by molar-refractivity contribution is 9.10. The highest BCUT2D eigenvalue weighted by Gasteiger charge is 2.14. The maximum Gasteiger partial charge on any atom is 0.0943 e. The Morgan fingerprint density at radius 1 is 1.47 bits per heavy atom. The SMILES string of the molecule is CCCNC(Cc1nccs1)c1ccc(Cl)c(Br)c1. The third-order valence-electron chi connectivity index (χ3n) is 2.85. The molecule has 0 bridgehead atoms. The van der Waals surface area contributed by atoms with Crippen LogP contribution in [0.1, 0.15) is 30.0 Å². The van der Waals surface area contributed by atoms with Crippen LogP contribution in [0.2, 0.25) is 5.02 Å². The number of thiazole rings is 1. The fourth-order valence-corrected chi connectivity index (χ4v) is 3.06. The quantitative estimate of drug-likeness (QED) is 0.798. The van der Waals surface area contributed by atoms with Gasteiger partial charge in [-0.3, -0.25) is 0 Å². The van der Waals surface area contributed by atoms with E-state index in [1.165, 1.54) is 5.56 Å². The molecule has 0 radical (unpaired) electrons. The van der Waals surface area contributed by atoms with Gasteiger partial charge in [-0.25, -0.2) is 4.98 Å². The Labute approximate surface area is 131 Å². The molecule has 1 aromatic heterocycles. The van der Waals surface area contributed by atoms with Crippen LogP contribution < -0.4 is 5.32 Å². The van der Waals surface area contributed by atoms with Crippen molar-refractivity contribution < 1.29 is 0 Å². The zero-order valence-corrected chi connectivity index (χ0v) is 13.9. The topological polar surface area (TPSA) is 24.9 Å². The first-order chi connectivity index (χ1) is 9.20. The van der Waals surface area contributed by atoms with Crippen LogP contribution in [0, 0.1) is 0 Å². The monoisotopic (exact) mass is 358 g/mol. The van der Waals surface area contributed by atoms with Crippen molar-refractivity contribution in [3.05, 3.63) is 49.8 Å². The summed E-state index contributed by atoms with van der Waals surface area (Å²) in [6, 6.07) is 6.38. The number of hydrogen-bond donors (Lipinski definition) is 1. The van der Waals surface area contributed by atoms with Crippen molar-refractivity contribution in [2.45, 2.75) is 25.8 Å². The number of aromatic nitrogens is 1. The van der Waals surface area contributed by atoms with Crippen LogP contribution in [-0.2, 0) is 6.42 Å². The molecular formula is C14H16BrClN2S. The highest BCUT2D eigenvalue weighted by atomic mass is 79.9. The molecular weight excluding hydrogens is 344 g/mol. The summed E-state index contributed by atoms with van der Waals surface area (Å²) in [6.07, 6.45) is 3.88. The van der Waals surface area contributed by atoms with Crippen molar-refractivity contribution >= 4 is 38.9 Å². The molecule has 1 heterocycles. The summed E-state index contributed by atoms with van der Waals surface area (Å²) in [6.45, 7) is 3.17. The molecule has 2 rings (SSSR count). The largest absolute Gasteiger partial charge is 0.310 e. The fraction of sp³-hybridized carbons (Fsp3) is 0.357. The second-order valence-corrected chi connectivity index (χ2v) is 6.55. The molecule has 0 fully saturated rings. The zero-order valence-electron chi connectivity index (χ0n) is 10.7. The van der Waals surface area contributed by atoms with Crippen LogP contribution in [0.3, 0.4) is 0 Å². The normalized spacial score (nSPS) is 12.6. The molecule has 0 aliphatic carbocycles. The summed E-state index contributed by atoms with van der Waals surface area (Å²) >= 11 is 11.2. The summed E-state index contributed by atoms with van der Waals surface area (Å²) in [7, 11) is 0. The molecule has 1 aromatic carbocycles. The van der Waals surface area contributed by atoms with Gasteiger partial charge in [-0.15, -0.1) is 11.3 Å². The van der Waals surface area contributed by atoms with Crippen molar-refractivity contribution in [1.29, 1.82) is 0 Å². The molecule has 1 N–H and O–H groups in total. The predicted octanol–water partition coefficient (Wildman–Crippen LogP) is 4.84. The molecule has 0 spiro atoms.